The molecule has 0 spiro atoms. The highest BCUT2D eigenvalue weighted by Gasteiger charge is 2.37. The highest BCUT2D eigenvalue weighted by atomic mass is 19.4. The number of para-hydroxylation sites is 1. The Morgan fingerprint density at radius 1 is 1.28 bits per heavy atom. The van der Waals surface area contributed by atoms with E-state index >= 15 is 0 Å². The molecule has 25 heavy (non-hydrogen) atoms. The Labute approximate surface area is 143 Å². The number of benzene rings is 1. The Morgan fingerprint density at radius 2 is 1.96 bits per heavy atom. The van der Waals surface area contributed by atoms with Crippen LogP contribution in [0.4, 0.5) is 24.7 Å². The van der Waals surface area contributed by atoms with E-state index in [0.29, 0.717) is 11.9 Å². The van der Waals surface area contributed by atoms with Crippen molar-refractivity contribution in [3.05, 3.63) is 41.6 Å². The van der Waals surface area contributed by atoms with Gasteiger partial charge in [0.2, 0.25) is 0 Å². The van der Waals surface area contributed by atoms with Gasteiger partial charge in [-0.2, -0.15) is 23.4 Å². The molecule has 0 saturated carbocycles. The summed E-state index contributed by atoms with van der Waals surface area (Å²) in [5.74, 6) is -0.199. The molecule has 0 bridgehead atoms. The average Bonchev–Trinajstić information content (AvgIpc) is 2.58. The van der Waals surface area contributed by atoms with Crippen LogP contribution in [-0.2, 0) is 6.18 Å². The second-order valence-electron chi connectivity index (χ2n) is 5.78. The molecule has 0 unspecified atom stereocenters. The van der Waals surface area contributed by atoms with Gasteiger partial charge >= 0.3 is 12.2 Å². The van der Waals surface area contributed by atoms with Crippen molar-refractivity contribution in [2.24, 2.45) is 5.92 Å². The predicted octanol–water partition coefficient (Wildman–Crippen LogP) is 4.17. The largest absolute Gasteiger partial charge is 0.463 e. The summed E-state index contributed by atoms with van der Waals surface area (Å²) < 4.78 is 45.4. The molecule has 0 atom stereocenters. The summed E-state index contributed by atoms with van der Waals surface area (Å²) in [6.45, 7) is 4.09. The highest BCUT2D eigenvalue weighted by molar-refractivity contribution is 5.68. The van der Waals surface area contributed by atoms with E-state index in [1.165, 1.54) is 18.0 Å². The molecule has 0 N–H and O–H groups in total. The van der Waals surface area contributed by atoms with Gasteiger partial charge in [-0.3, -0.25) is 0 Å². The molecular formula is C17H17F3N4O. The van der Waals surface area contributed by atoms with E-state index in [0.717, 1.165) is 0 Å². The van der Waals surface area contributed by atoms with E-state index in [1.54, 1.807) is 18.2 Å². The number of hydrogen-bond donors (Lipinski definition) is 0. The number of anilines is 2. The van der Waals surface area contributed by atoms with Crippen molar-refractivity contribution in [3.63, 3.8) is 0 Å². The summed E-state index contributed by atoms with van der Waals surface area (Å²) in [5.41, 5.74) is -0.454. The first-order chi connectivity index (χ1) is 11.7. The molecule has 0 radical (unpaired) electrons. The van der Waals surface area contributed by atoms with Gasteiger partial charge in [0.15, 0.2) is 5.82 Å². The second-order valence-corrected chi connectivity index (χ2v) is 5.78. The number of aromatic nitrogens is 2. The SMILES string of the molecule is CC(C)COc1ncc(C(F)(F)F)c(N(C)c2ccccc2C#N)n1. The smallest absolute Gasteiger partial charge is 0.421 e. The number of hydrogen-bond acceptors (Lipinski definition) is 5. The number of halogens is 3. The molecule has 8 heteroatoms. The monoisotopic (exact) mass is 350 g/mol. The Morgan fingerprint density at radius 3 is 2.56 bits per heavy atom. The molecule has 0 amide bonds. The first-order valence-corrected chi connectivity index (χ1v) is 7.54. The Balaban J connectivity index is 2.52. The Hall–Kier alpha value is -2.82. The highest BCUT2D eigenvalue weighted by Crippen LogP contribution is 2.38. The number of rotatable bonds is 5. The van der Waals surface area contributed by atoms with Gasteiger partial charge in [-0.05, 0) is 18.1 Å². The molecule has 0 aliphatic carbocycles. The molecule has 0 aliphatic rings. The summed E-state index contributed by atoms with van der Waals surface area (Å²) in [6, 6.07) is 8.17. The zero-order valence-corrected chi connectivity index (χ0v) is 14.0. The van der Waals surface area contributed by atoms with Crippen LogP contribution in [0.15, 0.2) is 30.5 Å². The van der Waals surface area contributed by atoms with Gasteiger partial charge in [0.1, 0.15) is 11.6 Å². The number of nitrogens with zero attached hydrogens (tertiary/aromatic N) is 4. The molecule has 1 aromatic carbocycles. The lowest BCUT2D eigenvalue weighted by Crippen LogP contribution is -2.20. The quantitative estimate of drug-likeness (QED) is 0.810. The molecule has 0 saturated heterocycles. The van der Waals surface area contributed by atoms with Crippen molar-refractivity contribution in [1.29, 1.82) is 5.26 Å². The van der Waals surface area contributed by atoms with Gasteiger partial charge in [-0.15, -0.1) is 0 Å². The van der Waals surface area contributed by atoms with Gasteiger partial charge in [0.25, 0.3) is 0 Å². The number of nitriles is 1. The summed E-state index contributed by atoms with van der Waals surface area (Å²) in [6.07, 6.45) is -3.94. The van der Waals surface area contributed by atoms with Crippen LogP contribution in [0.5, 0.6) is 6.01 Å². The van der Waals surface area contributed by atoms with Gasteiger partial charge < -0.3 is 9.64 Å². The fourth-order valence-electron chi connectivity index (χ4n) is 2.10. The van der Waals surface area contributed by atoms with Crippen LogP contribution in [0, 0.1) is 17.2 Å². The lowest BCUT2D eigenvalue weighted by molar-refractivity contribution is -0.137. The first-order valence-electron chi connectivity index (χ1n) is 7.54. The van der Waals surface area contributed by atoms with E-state index in [1.807, 2.05) is 19.9 Å². The minimum Gasteiger partial charge on any atom is -0.463 e. The predicted molar refractivity (Wildman–Crippen MR) is 86.6 cm³/mol. The molecule has 2 rings (SSSR count). The third-order valence-electron chi connectivity index (χ3n) is 3.30. The van der Waals surface area contributed by atoms with Crippen LogP contribution < -0.4 is 9.64 Å². The van der Waals surface area contributed by atoms with E-state index in [9.17, 15) is 18.4 Å². The van der Waals surface area contributed by atoms with E-state index < -0.39 is 11.7 Å². The van der Waals surface area contributed by atoms with Gasteiger partial charge in [0, 0.05) is 13.2 Å². The fraction of sp³-hybridized carbons (Fsp3) is 0.353. The van der Waals surface area contributed by atoms with Crippen LogP contribution in [0.1, 0.15) is 25.0 Å². The maximum absolute atomic E-state index is 13.3. The topological polar surface area (TPSA) is 62.0 Å². The Bertz CT molecular complexity index is 784. The maximum Gasteiger partial charge on any atom is 0.421 e. The van der Waals surface area contributed by atoms with Crippen molar-refractivity contribution in [1.82, 2.24) is 9.97 Å². The zero-order chi connectivity index (χ0) is 18.6. The Kier molecular flexibility index (Phi) is 5.47. The van der Waals surface area contributed by atoms with Crippen LogP contribution in [0.25, 0.3) is 0 Å². The van der Waals surface area contributed by atoms with Crippen LogP contribution >= 0.6 is 0 Å². The van der Waals surface area contributed by atoms with Crippen LogP contribution in [0.2, 0.25) is 0 Å². The van der Waals surface area contributed by atoms with Gasteiger partial charge in [-0.1, -0.05) is 26.0 Å². The molecule has 0 aliphatic heterocycles. The molecule has 1 aromatic heterocycles. The zero-order valence-electron chi connectivity index (χ0n) is 14.0. The lowest BCUT2D eigenvalue weighted by Gasteiger charge is -2.23. The van der Waals surface area contributed by atoms with Gasteiger partial charge in [-0.25, -0.2) is 4.98 Å². The van der Waals surface area contributed by atoms with E-state index in [2.05, 4.69) is 9.97 Å². The maximum atomic E-state index is 13.3. The third-order valence-corrected chi connectivity index (χ3v) is 3.30. The molecule has 0 fully saturated rings. The summed E-state index contributed by atoms with van der Waals surface area (Å²) >= 11 is 0. The minimum absolute atomic E-state index is 0.141. The van der Waals surface area contributed by atoms with Crippen molar-refractivity contribution in [2.45, 2.75) is 20.0 Å². The summed E-state index contributed by atoms with van der Waals surface area (Å²) in [4.78, 5) is 8.79. The molecule has 2 aromatic rings. The molecular weight excluding hydrogens is 333 g/mol. The van der Waals surface area contributed by atoms with Crippen LogP contribution in [-0.4, -0.2) is 23.6 Å². The standard InChI is InChI=1S/C17H17F3N4O/c1-11(2)10-25-16-22-9-13(17(18,19)20)15(23-16)24(3)14-7-5-4-6-12(14)8-21/h4-7,9,11H,10H2,1-3H3. The van der Waals surface area contributed by atoms with Crippen LogP contribution in [0.3, 0.4) is 0 Å². The van der Waals surface area contributed by atoms with Gasteiger partial charge in [0.05, 0.1) is 17.9 Å². The van der Waals surface area contributed by atoms with Crippen molar-refractivity contribution < 1.29 is 17.9 Å². The number of ether oxygens (including phenoxy) is 1. The fourth-order valence-corrected chi connectivity index (χ4v) is 2.10. The van der Waals surface area contributed by atoms with Crippen molar-refractivity contribution >= 4 is 11.5 Å². The normalized spacial score (nSPS) is 11.3. The molecule has 132 valence electrons. The second kappa shape index (κ2) is 7.38. The minimum atomic E-state index is -4.64. The average molecular weight is 350 g/mol. The lowest BCUT2D eigenvalue weighted by atomic mass is 10.1. The molecule has 5 nitrogen and oxygen atoms in total. The van der Waals surface area contributed by atoms with E-state index in [-0.39, 0.29) is 29.9 Å². The third kappa shape index (κ3) is 4.38. The van der Waals surface area contributed by atoms with Crippen molar-refractivity contribution in [3.8, 4) is 12.1 Å². The molecule has 1 heterocycles. The summed E-state index contributed by atoms with van der Waals surface area (Å²) in [5, 5.41) is 9.19. The van der Waals surface area contributed by atoms with Crippen molar-refractivity contribution in [2.75, 3.05) is 18.6 Å². The first kappa shape index (κ1) is 18.5. The van der Waals surface area contributed by atoms with E-state index in [4.69, 9.17) is 4.74 Å². The summed E-state index contributed by atoms with van der Waals surface area (Å²) in [7, 11) is 1.42. The number of alkyl halides is 3.